The summed E-state index contributed by atoms with van der Waals surface area (Å²) in [7, 11) is 0. The quantitative estimate of drug-likeness (QED) is 0.553. The van der Waals surface area contributed by atoms with Crippen LogP contribution in [0.5, 0.6) is 0 Å². The standard InChI is InChI=1S/C23H22FN3O2/c1-15(17-6-5-7-20(14-17)26-16(2)28)25-23(29)21-8-3-4-9-22(21)27-19-12-10-18(24)11-13-19/h3-15,27H,1-2H3,(H,25,29)(H,26,28). The lowest BCUT2D eigenvalue weighted by molar-refractivity contribution is -0.114. The Labute approximate surface area is 169 Å². The highest BCUT2D eigenvalue weighted by Gasteiger charge is 2.15. The fourth-order valence-corrected chi connectivity index (χ4v) is 2.93. The number of benzene rings is 3. The minimum Gasteiger partial charge on any atom is -0.355 e. The van der Waals surface area contributed by atoms with Crippen LogP contribution in [0.4, 0.5) is 21.5 Å². The van der Waals surface area contributed by atoms with Crippen LogP contribution >= 0.6 is 0 Å². The lowest BCUT2D eigenvalue weighted by Gasteiger charge is -2.17. The second-order valence-electron chi connectivity index (χ2n) is 6.68. The van der Waals surface area contributed by atoms with Gasteiger partial charge in [0.25, 0.3) is 5.91 Å². The van der Waals surface area contributed by atoms with Gasteiger partial charge in [-0.3, -0.25) is 9.59 Å². The van der Waals surface area contributed by atoms with E-state index in [-0.39, 0.29) is 23.7 Å². The maximum Gasteiger partial charge on any atom is 0.253 e. The second kappa shape index (κ2) is 9.01. The van der Waals surface area contributed by atoms with E-state index < -0.39 is 0 Å². The van der Waals surface area contributed by atoms with Crippen LogP contribution in [0.2, 0.25) is 0 Å². The molecule has 0 aliphatic carbocycles. The van der Waals surface area contributed by atoms with Crippen molar-refractivity contribution in [3.05, 3.63) is 89.7 Å². The molecule has 0 fully saturated rings. The third-order valence-electron chi connectivity index (χ3n) is 4.35. The molecule has 1 unspecified atom stereocenters. The molecule has 3 aromatic carbocycles. The Kier molecular flexibility index (Phi) is 6.24. The molecule has 0 aliphatic rings. The largest absolute Gasteiger partial charge is 0.355 e. The van der Waals surface area contributed by atoms with Gasteiger partial charge in [-0.2, -0.15) is 0 Å². The number of carbonyl (C=O) groups is 2. The third-order valence-corrected chi connectivity index (χ3v) is 4.35. The third kappa shape index (κ3) is 5.42. The Morgan fingerprint density at radius 3 is 2.34 bits per heavy atom. The molecule has 148 valence electrons. The van der Waals surface area contributed by atoms with Crippen molar-refractivity contribution < 1.29 is 14.0 Å². The van der Waals surface area contributed by atoms with Crippen molar-refractivity contribution in [3.63, 3.8) is 0 Å². The van der Waals surface area contributed by atoms with Crippen molar-refractivity contribution in [2.75, 3.05) is 10.6 Å². The monoisotopic (exact) mass is 391 g/mol. The maximum absolute atomic E-state index is 13.1. The zero-order valence-corrected chi connectivity index (χ0v) is 16.2. The van der Waals surface area contributed by atoms with Gasteiger partial charge >= 0.3 is 0 Å². The van der Waals surface area contributed by atoms with E-state index in [1.807, 2.05) is 31.2 Å². The molecule has 2 amide bonds. The minimum absolute atomic E-state index is 0.153. The summed E-state index contributed by atoms with van der Waals surface area (Å²) in [4.78, 5) is 24.1. The van der Waals surface area contributed by atoms with E-state index in [4.69, 9.17) is 0 Å². The molecule has 0 saturated heterocycles. The van der Waals surface area contributed by atoms with Crippen molar-refractivity contribution in [1.82, 2.24) is 5.32 Å². The SMILES string of the molecule is CC(=O)Nc1cccc(C(C)NC(=O)c2ccccc2Nc2ccc(F)cc2)c1. The van der Waals surface area contributed by atoms with Crippen LogP contribution in [-0.2, 0) is 4.79 Å². The van der Waals surface area contributed by atoms with Crippen LogP contribution in [0, 0.1) is 5.82 Å². The highest BCUT2D eigenvalue weighted by atomic mass is 19.1. The van der Waals surface area contributed by atoms with E-state index in [2.05, 4.69) is 16.0 Å². The van der Waals surface area contributed by atoms with Crippen LogP contribution in [-0.4, -0.2) is 11.8 Å². The van der Waals surface area contributed by atoms with E-state index in [1.54, 1.807) is 36.4 Å². The Morgan fingerprint density at radius 1 is 0.897 bits per heavy atom. The van der Waals surface area contributed by atoms with Crippen molar-refractivity contribution in [2.45, 2.75) is 19.9 Å². The molecule has 3 aromatic rings. The van der Waals surface area contributed by atoms with Crippen LogP contribution in [0.15, 0.2) is 72.8 Å². The number of hydrogen-bond acceptors (Lipinski definition) is 3. The lowest BCUT2D eigenvalue weighted by Crippen LogP contribution is -2.27. The highest BCUT2D eigenvalue weighted by Crippen LogP contribution is 2.23. The molecule has 1 atom stereocenters. The Hall–Kier alpha value is -3.67. The first-order valence-electron chi connectivity index (χ1n) is 9.22. The summed E-state index contributed by atoms with van der Waals surface area (Å²) < 4.78 is 13.1. The summed E-state index contributed by atoms with van der Waals surface area (Å²) in [6.45, 7) is 3.32. The average molecular weight is 391 g/mol. The fraction of sp³-hybridized carbons (Fsp3) is 0.130. The van der Waals surface area contributed by atoms with Crippen molar-refractivity contribution in [1.29, 1.82) is 0 Å². The first-order chi connectivity index (χ1) is 13.9. The number of para-hydroxylation sites is 1. The van der Waals surface area contributed by atoms with Gasteiger partial charge in [0.2, 0.25) is 5.91 Å². The topological polar surface area (TPSA) is 70.2 Å². The highest BCUT2D eigenvalue weighted by molar-refractivity contribution is 6.00. The van der Waals surface area contributed by atoms with Gasteiger partial charge in [0.15, 0.2) is 0 Å². The molecular weight excluding hydrogens is 369 g/mol. The van der Waals surface area contributed by atoms with Gasteiger partial charge in [0, 0.05) is 18.3 Å². The van der Waals surface area contributed by atoms with Gasteiger partial charge in [-0.25, -0.2) is 4.39 Å². The van der Waals surface area contributed by atoms with Gasteiger partial charge in [-0.05, 0) is 61.0 Å². The summed E-state index contributed by atoms with van der Waals surface area (Å²) in [5, 5.41) is 8.86. The van der Waals surface area contributed by atoms with Crippen LogP contribution in [0.3, 0.4) is 0 Å². The number of hydrogen-bond donors (Lipinski definition) is 3. The molecule has 0 saturated carbocycles. The Morgan fingerprint density at radius 2 is 1.62 bits per heavy atom. The predicted octanol–water partition coefficient (Wildman–Crippen LogP) is 5.02. The van der Waals surface area contributed by atoms with Crippen LogP contribution < -0.4 is 16.0 Å². The molecule has 29 heavy (non-hydrogen) atoms. The van der Waals surface area contributed by atoms with Gasteiger partial charge < -0.3 is 16.0 Å². The van der Waals surface area contributed by atoms with E-state index in [1.165, 1.54) is 19.1 Å². The molecule has 3 rings (SSSR count). The van der Waals surface area contributed by atoms with Crippen molar-refractivity contribution in [2.24, 2.45) is 0 Å². The molecule has 0 bridgehead atoms. The Balaban J connectivity index is 1.75. The van der Waals surface area contributed by atoms with Gasteiger partial charge in [0.1, 0.15) is 5.82 Å². The first-order valence-corrected chi connectivity index (χ1v) is 9.22. The molecule has 6 heteroatoms. The minimum atomic E-state index is -0.322. The molecule has 5 nitrogen and oxygen atoms in total. The fourth-order valence-electron chi connectivity index (χ4n) is 2.93. The number of rotatable bonds is 6. The predicted molar refractivity (Wildman–Crippen MR) is 113 cm³/mol. The number of halogens is 1. The molecule has 0 heterocycles. The summed E-state index contributed by atoms with van der Waals surface area (Å²) in [5.41, 5.74) is 3.32. The smallest absolute Gasteiger partial charge is 0.253 e. The molecule has 0 spiro atoms. The molecule has 0 radical (unpaired) electrons. The van der Waals surface area contributed by atoms with E-state index in [0.717, 1.165) is 5.56 Å². The lowest BCUT2D eigenvalue weighted by atomic mass is 10.1. The van der Waals surface area contributed by atoms with Gasteiger partial charge in [-0.15, -0.1) is 0 Å². The molecular formula is C23H22FN3O2. The number of carbonyl (C=O) groups excluding carboxylic acids is 2. The van der Waals surface area contributed by atoms with Crippen LogP contribution in [0.25, 0.3) is 0 Å². The summed E-state index contributed by atoms with van der Waals surface area (Å²) >= 11 is 0. The zero-order valence-electron chi connectivity index (χ0n) is 16.2. The zero-order chi connectivity index (χ0) is 20.8. The van der Waals surface area contributed by atoms with Crippen molar-refractivity contribution in [3.8, 4) is 0 Å². The molecule has 0 aromatic heterocycles. The van der Waals surface area contributed by atoms with Gasteiger partial charge in [0.05, 0.1) is 17.3 Å². The second-order valence-corrected chi connectivity index (χ2v) is 6.68. The van der Waals surface area contributed by atoms with E-state index >= 15 is 0 Å². The molecule has 0 aliphatic heterocycles. The van der Waals surface area contributed by atoms with E-state index in [9.17, 15) is 14.0 Å². The molecule has 3 N–H and O–H groups in total. The summed E-state index contributed by atoms with van der Waals surface area (Å²) in [6.07, 6.45) is 0. The average Bonchev–Trinajstić information content (AvgIpc) is 2.70. The Bertz CT molecular complexity index is 1020. The van der Waals surface area contributed by atoms with Crippen LogP contribution in [0.1, 0.15) is 35.8 Å². The summed E-state index contributed by atoms with van der Waals surface area (Å²) in [5.74, 6) is -0.718. The first kappa shape index (κ1) is 20.1. The van der Waals surface area contributed by atoms with E-state index in [0.29, 0.717) is 22.6 Å². The normalized spacial score (nSPS) is 11.4. The number of anilines is 3. The maximum atomic E-state index is 13.1. The number of amides is 2. The van der Waals surface area contributed by atoms with Crippen molar-refractivity contribution >= 4 is 28.9 Å². The summed E-state index contributed by atoms with van der Waals surface area (Å²) in [6, 6.07) is 20.1. The van der Waals surface area contributed by atoms with Gasteiger partial charge in [-0.1, -0.05) is 24.3 Å². The number of nitrogens with one attached hydrogen (secondary N) is 3.